The maximum absolute atomic E-state index is 12.9. The van der Waals surface area contributed by atoms with Crippen molar-refractivity contribution in [2.75, 3.05) is 40.0 Å². The molecule has 2 amide bonds. The van der Waals surface area contributed by atoms with Gasteiger partial charge in [0.25, 0.3) is 5.91 Å². The minimum atomic E-state index is -0.791. The third-order valence-corrected chi connectivity index (χ3v) is 6.75. The fourth-order valence-electron chi connectivity index (χ4n) is 4.32. The second kappa shape index (κ2) is 15.8. The second-order valence-corrected chi connectivity index (χ2v) is 9.88. The first-order chi connectivity index (χ1) is 16.8. The van der Waals surface area contributed by atoms with Crippen LogP contribution in [-0.2, 0) is 9.53 Å². The van der Waals surface area contributed by atoms with E-state index in [1.54, 1.807) is 18.1 Å². The number of para-hydroxylation sites is 1. The van der Waals surface area contributed by atoms with Crippen LogP contribution < -0.4 is 15.8 Å². The lowest BCUT2D eigenvalue weighted by molar-refractivity contribution is -0.132. The van der Waals surface area contributed by atoms with E-state index in [1.807, 2.05) is 18.2 Å². The predicted molar refractivity (Wildman–Crippen MR) is 137 cm³/mol. The van der Waals surface area contributed by atoms with E-state index >= 15 is 0 Å². The molecular formula is C27H45N3O5. The number of nitrogens with zero attached hydrogens (tertiary/aromatic N) is 1. The Morgan fingerprint density at radius 1 is 1.17 bits per heavy atom. The maximum Gasteiger partial charge on any atom is 0.255 e. The lowest BCUT2D eigenvalue weighted by Crippen LogP contribution is -2.47. The number of aliphatic hydroxyl groups excluding tert-OH is 1. The molecule has 35 heavy (non-hydrogen) atoms. The number of hydrogen-bond acceptors (Lipinski definition) is 6. The number of β-amino-alcohol motifs (C(OH)–C–C–N with tert-alkyl or cyclic N) is 1. The summed E-state index contributed by atoms with van der Waals surface area (Å²) >= 11 is 0. The minimum absolute atomic E-state index is 0.0885. The van der Waals surface area contributed by atoms with E-state index in [0.717, 1.165) is 32.1 Å². The molecular weight excluding hydrogens is 446 g/mol. The third kappa shape index (κ3) is 10.2. The standard InChI is InChI=1S/C27H45N3O5/c1-20(2)21(17-23(28)24(31)19-30-14-8-4-5-13-26(30)32)18-29-27(33)22-11-6-7-12-25(22)35-16-10-9-15-34-3/h6-7,11-12,20-21,23-24,31H,4-5,8-10,13-19,28H2,1-3H3,(H,29,33)/t21-,23+,24+/m1/s1. The third-order valence-electron chi connectivity index (χ3n) is 6.75. The number of carbonyl (C=O) groups is 2. The van der Waals surface area contributed by atoms with Crippen molar-refractivity contribution >= 4 is 11.8 Å². The molecule has 0 unspecified atom stereocenters. The first-order valence-corrected chi connectivity index (χ1v) is 13.0. The average molecular weight is 492 g/mol. The number of benzene rings is 1. The molecule has 0 saturated carbocycles. The first kappa shape index (κ1) is 29.1. The van der Waals surface area contributed by atoms with Gasteiger partial charge in [-0.05, 0) is 56.1 Å². The molecule has 0 aromatic heterocycles. The largest absolute Gasteiger partial charge is 0.493 e. The van der Waals surface area contributed by atoms with E-state index in [2.05, 4.69) is 19.2 Å². The normalized spacial score (nSPS) is 17.1. The van der Waals surface area contributed by atoms with Gasteiger partial charge < -0.3 is 30.5 Å². The van der Waals surface area contributed by atoms with Crippen LogP contribution in [0.15, 0.2) is 24.3 Å². The molecule has 8 nitrogen and oxygen atoms in total. The number of hydrogen-bond donors (Lipinski definition) is 3. The number of unbranched alkanes of at least 4 members (excludes halogenated alkanes) is 1. The van der Waals surface area contributed by atoms with Gasteiger partial charge in [-0.15, -0.1) is 0 Å². The van der Waals surface area contributed by atoms with E-state index in [-0.39, 0.29) is 30.2 Å². The smallest absolute Gasteiger partial charge is 0.255 e. The number of nitrogens with two attached hydrogens (primary N) is 1. The van der Waals surface area contributed by atoms with Crippen molar-refractivity contribution in [3.8, 4) is 5.75 Å². The Kier molecular flexibility index (Phi) is 13.1. The van der Waals surface area contributed by atoms with Crippen molar-refractivity contribution < 1.29 is 24.2 Å². The van der Waals surface area contributed by atoms with Gasteiger partial charge in [-0.3, -0.25) is 9.59 Å². The second-order valence-electron chi connectivity index (χ2n) is 9.88. The molecule has 3 atom stereocenters. The molecule has 1 aromatic carbocycles. The molecule has 198 valence electrons. The average Bonchev–Trinajstić information content (AvgIpc) is 3.05. The fourth-order valence-corrected chi connectivity index (χ4v) is 4.32. The van der Waals surface area contributed by atoms with Gasteiger partial charge in [0.05, 0.1) is 18.3 Å². The molecule has 1 aromatic rings. The first-order valence-electron chi connectivity index (χ1n) is 13.0. The summed E-state index contributed by atoms with van der Waals surface area (Å²) in [5.74, 6) is 0.831. The van der Waals surface area contributed by atoms with Crippen LogP contribution in [-0.4, -0.2) is 73.9 Å². The van der Waals surface area contributed by atoms with Gasteiger partial charge in [0.1, 0.15) is 5.75 Å². The highest BCUT2D eigenvalue weighted by Crippen LogP contribution is 2.21. The number of amides is 2. The summed E-state index contributed by atoms with van der Waals surface area (Å²) in [6.45, 7) is 6.78. The zero-order valence-corrected chi connectivity index (χ0v) is 21.7. The predicted octanol–water partition coefficient (Wildman–Crippen LogP) is 2.97. The summed E-state index contributed by atoms with van der Waals surface area (Å²) < 4.78 is 10.9. The molecule has 4 N–H and O–H groups in total. The summed E-state index contributed by atoms with van der Waals surface area (Å²) in [4.78, 5) is 27.0. The lowest BCUT2D eigenvalue weighted by Gasteiger charge is -2.30. The van der Waals surface area contributed by atoms with E-state index in [0.29, 0.717) is 50.5 Å². The molecule has 1 aliphatic heterocycles. The van der Waals surface area contributed by atoms with Crippen molar-refractivity contribution in [2.45, 2.75) is 70.9 Å². The quantitative estimate of drug-likeness (QED) is 0.325. The van der Waals surface area contributed by atoms with Crippen LogP contribution in [0.2, 0.25) is 0 Å². The summed E-state index contributed by atoms with van der Waals surface area (Å²) in [5.41, 5.74) is 6.86. The number of carbonyl (C=O) groups excluding carboxylic acids is 2. The Bertz CT molecular complexity index is 773. The van der Waals surface area contributed by atoms with Crippen molar-refractivity contribution in [3.63, 3.8) is 0 Å². The van der Waals surface area contributed by atoms with Crippen LogP contribution in [0.4, 0.5) is 0 Å². The summed E-state index contributed by atoms with van der Waals surface area (Å²) in [6, 6.07) is 6.77. The van der Waals surface area contributed by atoms with E-state index < -0.39 is 12.1 Å². The lowest BCUT2D eigenvalue weighted by atomic mass is 9.87. The monoisotopic (exact) mass is 491 g/mol. The number of methoxy groups -OCH3 is 1. The molecule has 1 saturated heterocycles. The molecule has 0 aliphatic carbocycles. The number of rotatable bonds is 15. The zero-order valence-electron chi connectivity index (χ0n) is 21.7. The van der Waals surface area contributed by atoms with Crippen molar-refractivity contribution in [3.05, 3.63) is 29.8 Å². The van der Waals surface area contributed by atoms with Gasteiger partial charge in [-0.25, -0.2) is 0 Å². The topological polar surface area (TPSA) is 114 Å². The molecule has 0 bridgehead atoms. The van der Waals surface area contributed by atoms with Gasteiger partial charge >= 0.3 is 0 Å². The highest BCUT2D eigenvalue weighted by atomic mass is 16.5. The Morgan fingerprint density at radius 3 is 2.66 bits per heavy atom. The Hall–Kier alpha value is -2.16. The van der Waals surface area contributed by atoms with Crippen LogP contribution in [0.3, 0.4) is 0 Å². The van der Waals surface area contributed by atoms with E-state index in [9.17, 15) is 14.7 Å². The molecule has 0 spiro atoms. The molecule has 1 fully saturated rings. The maximum atomic E-state index is 12.9. The molecule has 1 aliphatic rings. The highest BCUT2D eigenvalue weighted by molar-refractivity contribution is 5.96. The number of aliphatic hydroxyl groups is 1. The summed E-state index contributed by atoms with van der Waals surface area (Å²) in [6.07, 6.45) is 4.98. The van der Waals surface area contributed by atoms with Gasteiger partial charge in [0.2, 0.25) is 5.91 Å². The van der Waals surface area contributed by atoms with Gasteiger partial charge in [0, 0.05) is 45.8 Å². The summed E-state index contributed by atoms with van der Waals surface area (Å²) in [5, 5.41) is 13.7. The van der Waals surface area contributed by atoms with Crippen molar-refractivity contribution in [2.24, 2.45) is 17.6 Å². The van der Waals surface area contributed by atoms with Crippen LogP contribution in [0.25, 0.3) is 0 Å². The Balaban J connectivity index is 1.88. The Labute approximate surface area is 210 Å². The number of likely N-dealkylation sites (tertiary alicyclic amines) is 1. The van der Waals surface area contributed by atoms with E-state index in [4.69, 9.17) is 15.2 Å². The zero-order chi connectivity index (χ0) is 25.6. The van der Waals surface area contributed by atoms with Crippen molar-refractivity contribution in [1.29, 1.82) is 0 Å². The van der Waals surface area contributed by atoms with Gasteiger partial charge in [0.15, 0.2) is 0 Å². The molecule has 0 radical (unpaired) electrons. The molecule has 2 rings (SSSR count). The van der Waals surface area contributed by atoms with E-state index in [1.165, 1.54) is 0 Å². The van der Waals surface area contributed by atoms with Crippen LogP contribution in [0.1, 0.15) is 69.2 Å². The molecule has 1 heterocycles. The molecule has 8 heteroatoms. The number of nitrogens with one attached hydrogen (secondary N) is 1. The number of ether oxygens (including phenoxy) is 2. The highest BCUT2D eigenvalue weighted by Gasteiger charge is 2.27. The summed E-state index contributed by atoms with van der Waals surface area (Å²) in [7, 11) is 1.68. The van der Waals surface area contributed by atoms with Gasteiger partial charge in [-0.1, -0.05) is 32.4 Å². The van der Waals surface area contributed by atoms with Gasteiger partial charge in [-0.2, -0.15) is 0 Å². The SMILES string of the molecule is COCCCCOc1ccccc1C(=O)NC[C@@H](C[C@H](N)[C@@H](O)CN1CCCCCC1=O)C(C)C. The van der Waals surface area contributed by atoms with Crippen LogP contribution >= 0.6 is 0 Å². The minimum Gasteiger partial charge on any atom is -0.493 e. The fraction of sp³-hybridized carbons (Fsp3) is 0.704. The van der Waals surface area contributed by atoms with Crippen LogP contribution in [0.5, 0.6) is 5.75 Å². The van der Waals surface area contributed by atoms with Crippen molar-refractivity contribution in [1.82, 2.24) is 10.2 Å². The Morgan fingerprint density at radius 2 is 1.91 bits per heavy atom. The van der Waals surface area contributed by atoms with Crippen LogP contribution in [0, 0.1) is 11.8 Å².